The fourth-order valence-electron chi connectivity index (χ4n) is 3.78. The van der Waals surface area contributed by atoms with Gasteiger partial charge in [-0.15, -0.1) is 10.2 Å². The predicted octanol–water partition coefficient (Wildman–Crippen LogP) is 7.07. The zero-order chi connectivity index (χ0) is 25.5. The smallest absolute Gasteiger partial charge is 0.291 e. The molecule has 0 saturated heterocycles. The van der Waals surface area contributed by atoms with Crippen molar-refractivity contribution in [2.75, 3.05) is 13.6 Å². The summed E-state index contributed by atoms with van der Waals surface area (Å²) in [5.74, 6) is -5.18. The molecule has 1 saturated carbocycles. The van der Waals surface area contributed by atoms with Crippen molar-refractivity contribution in [1.29, 1.82) is 0 Å². The van der Waals surface area contributed by atoms with Crippen LogP contribution in [0.4, 0.5) is 13.2 Å². The Kier molecular flexibility index (Phi) is 6.97. The molecule has 4 rings (SSSR count). The molecule has 1 aromatic heterocycles. The third kappa shape index (κ3) is 5.23. The maximum Gasteiger partial charge on any atom is 0.291 e. The Morgan fingerprint density at radius 2 is 1.89 bits per heavy atom. The Labute approximate surface area is 210 Å². The molecule has 0 N–H and O–H groups in total. The zero-order valence-corrected chi connectivity index (χ0v) is 20.7. The lowest BCUT2D eigenvalue weighted by Gasteiger charge is -2.26. The normalized spacial score (nSPS) is 13.6. The van der Waals surface area contributed by atoms with Crippen molar-refractivity contribution in [1.82, 2.24) is 15.1 Å². The van der Waals surface area contributed by atoms with Gasteiger partial charge in [0.1, 0.15) is 5.56 Å². The van der Waals surface area contributed by atoms with E-state index in [0.717, 1.165) is 23.3 Å². The Morgan fingerprint density at radius 3 is 2.54 bits per heavy atom. The van der Waals surface area contributed by atoms with Gasteiger partial charge in [0.05, 0.1) is 11.6 Å². The van der Waals surface area contributed by atoms with E-state index in [9.17, 15) is 9.18 Å². The number of alkyl halides is 2. The number of carbonyl (C=O) groups is 1. The number of aromatic nitrogens is 2. The van der Waals surface area contributed by atoms with Crippen LogP contribution < -0.4 is 4.74 Å². The summed E-state index contributed by atoms with van der Waals surface area (Å²) >= 11 is 12.1. The van der Waals surface area contributed by atoms with Crippen LogP contribution in [0, 0.1) is 19.7 Å². The van der Waals surface area contributed by atoms with Crippen LogP contribution in [0.5, 0.6) is 11.6 Å². The van der Waals surface area contributed by atoms with E-state index in [-0.39, 0.29) is 38.9 Å². The molecule has 0 atom stereocenters. The van der Waals surface area contributed by atoms with Gasteiger partial charge in [-0.25, -0.2) is 4.39 Å². The third-order valence-electron chi connectivity index (χ3n) is 5.86. The molecule has 1 fully saturated rings. The first kappa shape index (κ1) is 25.3. The van der Waals surface area contributed by atoms with Gasteiger partial charge in [-0.1, -0.05) is 47.5 Å². The largest absolute Gasteiger partial charge is 0.434 e. The number of ether oxygens (including phenoxy) is 1. The number of aryl methyl sites for hydroxylation is 1. The predicted molar refractivity (Wildman–Crippen MR) is 127 cm³/mol. The summed E-state index contributed by atoms with van der Waals surface area (Å²) in [6.45, 7) is 2.24. The highest BCUT2D eigenvalue weighted by Crippen LogP contribution is 2.43. The maximum absolute atomic E-state index is 15.1. The molecule has 1 aliphatic rings. The average molecular weight is 524 g/mol. The number of nitrogens with zero attached hydrogens (tertiary/aromatic N) is 3. The van der Waals surface area contributed by atoms with Crippen LogP contribution in [0.3, 0.4) is 0 Å². The van der Waals surface area contributed by atoms with E-state index in [0.29, 0.717) is 5.56 Å². The highest BCUT2D eigenvalue weighted by atomic mass is 35.5. The minimum atomic E-state index is -3.45. The summed E-state index contributed by atoms with van der Waals surface area (Å²) in [4.78, 5) is 14.1. The Bertz CT molecular complexity index is 1300. The number of halogens is 5. The van der Waals surface area contributed by atoms with Crippen LogP contribution in [0.25, 0.3) is 0 Å². The summed E-state index contributed by atoms with van der Waals surface area (Å²) in [6, 6.07) is 8.90. The van der Waals surface area contributed by atoms with E-state index in [1.807, 2.05) is 0 Å². The van der Waals surface area contributed by atoms with Gasteiger partial charge in [0, 0.05) is 18.2 Å². The van der Waals surface area contributed by atoms with Crippen LogP contribution in [-0.4, -0.2) is 34.6 Å². The summed E-state index contributed by atoms with van der Waals surface area (Å²) in [5.41, 5.74) is 0.827. The molecule has 1 heterocycles. The first-order valence-corrected chi connectivity index (χ1v) is 11.6. The highest BCUT2D eigenvalue weighted by Gasteiger charge is 2.38. The zero-order valence-electron chi connectivity index (χ0n) is 19.2. The van der Waals surface area contributed by atoms with Gasteiger partial charge in [0.15, 0.2) is 16.7 Å². The minimum Gasteiger partial charge on any atom is -0.434 e. The van der Waals surface area contributed by atoms with Crippen molar-refractivity contribution in [3.63, 3.8) is 0 Å². The summed E-state index contributed by atoms with van der Waals surface area (Å²) < 4.78 is 50.8. The van der Waals surface area contributed by atoms with E-state index >= 15 is 8.78 Å². The van der Waals surface area contributed by atoms with Gasteiger partial charge in [0.2, 0.25) is 0 Å². The van der Waals surface area contributed by atoms with E-state index in [2.05, 4.69) is 10.2 Å². The van der Waals surface area contributed by atoms with Crippen LogP contribution in [0.15, 0.2) is 36.4 Å². The molecule has 0 spiro atoms. The second-order valence-electron chi connectivity index (χ2n) is 8.68. The molecule has 0 unspecified atom stereocenters. The topological polar surface area (TPSA) is 55.3 Å². The number of benzene rings is 2. The third-order valence-corrected chi connectivity index (χ3v) is 6.53. The Hall–Kier alpha value is -2.84. The molecule has 2 aromatic carbocycles. The first-order valence-electron chi connectivity index (χ1n) is 10.9. The number of carbonyl (C=O) groups excluding carboxylic acids is 1. The minimum absolute atomic E-state index is 0.101. The van der Waals surface area contributed by atoms with Crippen LogP contribution in [0.2, 0.25) is 10.2 Å². The van der Waals surface area contributed by atoms with Crippen LogP contribution in [-0.2, 0) is 5.92 Å². The molecule has 10 heteroatoms. The first-order chi connectivity index (χ1) is 16.5. The molecule has 35 heavy (non-hydrogen) atoms. The van der Waals surface area contributed by atoms with E-state index in [1.165, 1.54) is 38.2 Å². The molecular weight excluding hydrogens is 502 g/mol. The Morgan fingerprint density at radius 1 is 1.17 bits per heavy atom. The van der Waals surface area contributed by atoms with Crippen molar-refractivity contribution in [3.8, 4) is 11.6 Å². The van der Waals surface area contributed by atoms with Crippen LogP contribution in [0.1, 0.15) is 51.4 Å². The molecule has 3 aromatic rings. The van der Waals surface area contributed by atoms with E-state index in [4.69, 9.17) is 27.9 Å². The van der Waals surface area contributed by atoms with E-state index < -0.39 is 29.8 Å². The fraction of sp³-hybridized carbons (Fsp3) is 0.320. The average Bonchev–Trinajstić information content (AvgIpc) is 3.62. The monoisotopic (exact) mass is 523 g/mol. The quantitative estimate of drug-likeness (QED) is 0.332. The Balaban J connectivity index is 1.64. The van der Waals surface area contributed by atoms with Crippen molar-refractivity contribution in [2.45, 2.75) is 38.5 Å². The number of amides is 1. The molecule has 0 bridgehead atoms. The van der Waals surface area contributed by atoms with Gasteiger partial charge in [-0.3, -0.25) is 4.79 Å². The molecule has 0 radical (unpaired) electrons. The van der Waals surface area contributed by atoms with Gasteiger partial charge in [-0.05, 0) is 55.9 Å². The number of likely N-dealkylation sites (N-methyl/N-ethyl adjacent to an activating group) is 1. The number of hydrogen-bond donors (Lipinski definition) is 0. The standard InChI is InChI=1S/C25H22Cl2F3N3O2/c1-13-7-10-17(18(26)11-13)25(29,30)12-33(3)24(34)20-14(2)22(27)31-32-23(20)35-19-6-4-5-16(21(19)28)15-8-9-15/h4-7,10-11,15H,8-9,12H2,1-3H3. The molecule has 1 amide bonds. The lowest BCUT2D eigenvalue weighted by molar-refractivity contribution is -0.0279. The lowest BCUT2D eigenvalue weighted by atomic mass is 10.1. The van der Waals surface area contributed by atoms with Gasteiger partial charge < -0.3 is 9.64 Å². The second-order valence-corrected chi connectivity index (χ2v) is 9.45. The van der Waals surface area contributed by atoms with Gasteiger partial charge in [0.25, 0.3) is 17.7 Å². The molecule has 184 valence electrons. The molecule has 0 aliphatic heterocycles. The lowest BCUT2D eigenvalue weighted by Crippen LogP contribution is -2.37. The molecule has 5 nitrogen and oxygen atoms in total. The number of hydrogen-bond acceptors (Lipinski definition) is 4. The fourth-order valence-corrected chi connectivity index (χ4v) is 4.29. The van der Waals surface area contributed by atoms with E-state index in [1.54, 1.807) is 19.1 Å². The van der Waals surface area contributed by atoms with Crippen molar-refractivity contribution >= 4 is 29.1 Å². The summed E-state index contributed by atoms with van der Waals surface area (Å²) in [6.07, 6.45) is 1.77. The van der Waals surface area contributed by atoms with Crippen LogP contribution >= 0.6 is 23.2 Å². The molecule has 1 aliphatic carbocycles. The van der Waals surface area contributed by atoms with Gasteiger partial charge in [-0.2, -0.15) is 8.78 Å². The maximum atomic E-state index is 15.1. The summed E-state index contributed by atoms with van der Waals surface area (Å²) in [5, 5.41) is 7.37. The number of rotatable bonds is 7. The van der Waals surface area contributed by atoms with Crippen molar-refractivity contribution < 1.29 is 22.7 Å². The van der Waals surface area contributed by atoms with Crippen molar-refractivity contribution in [2.24, 2.45) is 0 Å². The summed E-state index contributed by atoms with van der Waals surface area (Å²) in [7, 11) is 1.21. The second kappa shape index (κ2) is 9.66. The highest BCUT2D eigenvalue weighted by molar-refractivity contribution is 6.31. The van der Waals surface area contributed by atoms with Gasteiger partial charge >= 0.3 is 0 Å². The SMILES string of the molecule is Cc1ccc(C(F)(F)CN(C)C(=O)c2c(Oc3cccc(C4CC4)c3F)nnc(Cl)c2C)c(Cl)c1. The molecular formula is C25H22Cl2F3N3O2. The van der Waals surface area contributed by atoms with Crippen molar-refractivity contribution in [3.05, 3.63) is 80.2 Å².